The number of nitrogens with zero attached hydrogens (tertiary/aromatic N) is 2. The van der Waals surface area contributed by atoms with E-state index in [4.69, 9.17) is 16.3 Å². The normalized spacial score (nSPS) is 15.8. The van der Waals surface area contributed by atoms with E-state index in [1.165, 1.54) is 9.80 Å². The average molecular weight is 715 g/mol. The van der Waals surface area contributed by atoms with Gasteiger partial charge in [0.25, 0.3) is 0 Å². The average Bonchev–Trinajstić information content (AvgIpc) is 3.70. The summed E-state index contributed by atoms with van der Waals surface area (Å²) in [6, 6.07) is 30.1. The topological polar surface area (TPSA) is 87.2 Å². The fraction of sp³-hybridized carbons (Fsp3) is 0.341. The number of amides is 2. The molecule has 2 aliphatic carbocycles. The van der Waals surface area contributed by atoms with E-state index in [0.29, 0.717) is 17.9 Å². The highest BCUT2D eigenvalue weighted by molar-refractivity contribution is 6.30. The van der Waals surface area contributed by atoms with Gasteiger partial charge in [-0.1, -0.05) is 96.5 Å². The summed E-state index contributed by atoms with van der Waals surface area (Å²) < 4.78 is 33.4. The van der Waals surface area contributed by atoms with E-state index >= 15 is 0 Å². The molecule has 0 saturated heterocycles. The van der Waals surface area contributed by atoms with Gasteiger partial charge in [0.1, 0.15) is 6.61 Å². The number of carboxylic acid groups (broad SMARTS) is 1. The molecule has 0 aromatic heterocycles. The van der Waals surface area contributed by atoms with Gasteiger partial charge in [-0.15, -0.1) is 0 Å². The Bertz CT molecular complexity index is 1820. The van der Waals surface area contributed by atoms with Crippen molar-refractivity contribution in [1.29, 1.82) is 0 Å². The van der Waals surface area contributed by atoms with Crippen molar-refractivity contribution in [2.75, 3.05) is 26.7 Å². The Kier molecular flexibility index (Phi) is 11.4. The lowest BCUT2D eigenvalue weighted by molar-refractivity contribution is -0.146. The molecule has 6 rings (SSSR count). The van der Waals surface area contributed by atoms with Gasteiger partial charge in [0.15, 0.2) is 0 Å². The molecule has 2 aliphatic rings. The van der Waals surface area contributed by atoms with Crippen LogP contribution in [-0.4, -0.2) is 72.1 Å². The lowest BCUT2D eigenvalue weighted by atomic mass is 9.83. The molecule has 0 unspecified atom stereocenters. The molecule has 0 aliphatic heterocycles. The zero-order chi connectivity index (χ0) is 36.1. The summed E-state index contributed by atoms with van der Waals surface area (Å²) in [5.74, 6) is -3.14. The second-order valence-electron chi connectivity index (χ2n) is 13.4. The molecule has 0 bridgehead atoms. The Labute approximate surface area is 301 Å². The maximum Gasteiger partial charge on any atom is 0.409 e. The van der Waals surface area contributed by atoms with E-state index < -0.39 is 49.2 Å². The third-order valence-corrected chi connectivity index (χ3v) is 10.5. The number of aryl methyl sites for hydroxylation is 1. The lowest BCUT2D eigenvalue weighted by Gasteiger charge is -2.36. The molecule has 10 heteroatoms. The maximum absolute atomic E-state index is 14.4. The van der Waals surface area contributed by atoms with E-state index in [1.54, 1.807) is 19.2 Å². The lowest BCUT2D eigenvalue weighted by Crippen LogP contribution is -2.50. The summed E-state index contributed by atoms with van der Waals surface area (Å²) in [6.07, 6.45) is -2.78. The number of fused-ring (bicyclic) bond motifs is 4. The van der Waals surface area contributed by atoms with Gasteiger partial charge >= 0.3 is 12.1 Å². The van der Waals surface area contributed by atoms with Gasteiger partial charge in [-0.2, -0.15) is 0 Å². The van der Waals surface area contributed by atoms with Crippen LogP contribution in [0.1, 0.15) is 58.9 Å². The van der Waals surface area contributed by atoms with Gasteiger partial charge in [0.05, 0.1) is 18.4 Å². The standard InChI is InChI=1S/C41H41ClF2N2O5/c1-45(41(50)51-25-37-33-12-6-4-10-31(33)32-11-5-7-13-34(32)37)29(22-26-14-17-28(42)18-15-26)24-46(21-20-38(43)44)40(49)36(23-39(47)48)35-19-16-27-8-2-3-9-30(27)35/h2-15,17-18,29,35-38H,16,19-25H2,1H3,(H,47,48)/t29-,35+,36+/m1/s1. The first-order valence-electron chi connectivity index (χ1n) is 17.3. The predicted octanol–water partition coefficient (Wildman–Crippen LogP) is 8.44. The smallest absolute Gasteiger partial charge is 0.409 e. The summed E-state index contributed by atoms with van der Waals surface area (Å²) in [5.41, 5.74) is 7.10. The van der Waals surface area contributed by atoms with Crippen LogP contribution in [0.25, 0.3) is 11.1 Å². The summed E-state index contributed by atoms with van der Waals surface area (Å²) in [7, 11) is 1.58. The first kappa shape index (κ1) is 36.0. The molecule has 0 heterocycles. The molecule has 1 N–H and O–H groups in total. The minimum Gasteiger partial charge on any atom is -0.481 e. The minimum atomic E-state index is -2.68. The largest absolute Gasteiger partial charge is 0.481 e. The molecule has 0 fully saturated rings. The second kappa shape index (κ2) is 16.1. The Balaban J connectivity index is 1.26. The number of hydrogen-bond donors (Lipinski definition) is 1. The third kappa shape index (κ3) is 8.25. The van der Waals surface area contributed by atoms with Gasteiger partial charge in [-0.05, 0) is 76.3 Å². The van der Waals surface area contributed by atoms with Crippen molar-refractivity contribution in [3.63, 3.8) is 0 Å². The van der Waals surface area contributed by atoms with E-state index in [-0.39, 0.29) is 38.0 Å². The number of carbonyl (C=O) groups is 3. The van der Waals surface area contributed by atoms with Crippen molar-refractivity contribution in [3.8, 4) is 11.1 Å². The highest BCUT2D eigenvalue weighted by Gasteiger charge is 2.39. The number of halogens is 3. The van der Waals surface area contributed by atoms with Crippen LogP contribution in [0.2, 0.25) is 5.02 Å². The molecule has 0 radical (unpaired) electrons. The van der Waals surface area contributed by atoms with Crippen LogP contribution in [0.5, 0.6) is 0 Å². The number of hydrogen-bond acceptors (Lipinski definition) is 4. The summed E-state index contributed by atoms with van der Waals surface area (Å²) in [6.45, 7) is -0.309. The maximum atomic E-state index is 14.4. The predicted molar refractivity (Wildman–Crippen MR) is 192 cm³/mol. The number of likely N-dealkylation sites (N-methyl/N-ethyl adjacent to an activating group) is 1. The number of rotatable bonds is 14. The summed E-state index contributed by atoms with van der Waals surface area (Å²) in [5, 5.41) is 10.4. The second-order valence-corrected chi connectivity index (χ2v) is 13.8. The van der Waals surface area contributed by atoms with Gasteiger partial charge in [0, 0.05) is 37.5 Å². The van der Waals surface area contributed by atoms with E-state index in [0.717, 1.165) is 38.9 Å². The van der Waals surface area contributed by atoms with Gasteiger partial charge in [-0.3, -0.25) is 9.59 Å². The Morgan fingerprint density at radius 1 is 0.882 bits per heavy atom. The molecule has 51 heavy (non-hydrogen) atoms. The van der Waals surface area contributed by atoms with Gasteiger partial charge in [0.2, 0.25) is 12.3 Å². The fourth-order valence-electron chi connectivity index (χ4n) is 7.69. The molecule has 7 nitrogen and oxygen atoms in total. The van der Waals surface area contributed by atoms with Gasteiger partial charge in [-0.25, -0.2) is 13.6 Å². The first-order valence-corrected chi connectivity index (χ1v) is 17.7. The van der Waals surface area contributed by atoms with Crippen molar-refractivity contribution in [3.05, 3.63) is 130 Å². The van der Waals surface area contributed by atoms with E-state index in [2.05, 4.69) is 12.1 Å². The molecule has 0 spiro atoms. The van der Waals surface area contributed by atoms with Gasteiger partial charge < -0.3 is 19.6 Å². The van der Waals surface area contributed by atoms with Crippen LogP contribution in [0.3, 0.4) is 0 Å². The van der Waals surface area contributed by atoms with Crippen molar-refractivity contribution < 1.29 is 33.0 Å². The quantitative estimate of drug-likeness (QED) is 0.142. The van der Waals surface area contributed by atoms with Crippen LogP contribution in [-0.2, 0) is 27.2 Å². The Morgan fingerprint density at radius 3 is 2.12 bits per heavy atom. The van der Waals surface area contributed by atoms with Crippen molar-refractivity contribution in [2.45, 2.75) is 56.4 Å². The molecule has 0 saturated carbocycles. The SMILES string of the molecule is CN(C(=O)OCC1c2ccccc2-c2ccccc21)[C@H](Cc1ccc(Cl)cc1)CN(CCC(F)F)C(=O)[C@@H](CC(=O)O)[C@H]1CCc2ccccc21. The molecule has 266 valence electrons. The zero-order valence-corrected chi connectivity index (χ0v) is 29.1. The van der Waals surface area contributed by atoms with Crippen molar-refractivity contribution in [1.82, 2.24) is 9.80 Å². The van der Waals surface area contributed by atoms with Crippen LogP contribution in [0.15, 0.2) is 97.1 Å². The fourth-order valence-corrected chi connectivity index (χ4v) is 7.82. The first-order chi connectivity index (χ1) is 24.6. The van der Waals surface area contributed by atoms with Crippen molar-refractivity contribution in [2.24, 2.45) is 5.92 Å². The number of alkyl halides is 2. The number of benzene rings is 4. The molecular formula is C41H41ClF2N2O5. The van der Waals surface area contributed by atoms with Crippen LogP contribution >= 0.6 is 11.6 Å². The zero-order valence-electron chi connectivity index (χ0n) is 28.4. The Hall–Kier alpha value is -4.76. The van der Waals surface area contributed by atoms with Crippen LogP contribution < -0.4 is 0 Å². The number of aliphatic carboxylic acids is 1. The number of ether oxygens (including phenoxy) is 1. The highest BCUT2D eigenvalue weighted by atomic mass is 35.5. The van der Waals surface area contributed by atoms with E-state index in [1.807, 2.05) is 72.8 Å². The minimum absolute atomic E-state index is 0.0840. The van der Waals surface area contributed by atoms with E-state index in [9.17, 15) is 28.3 Å². The molecule has 2 amide bonds. The molecular weight excluding hydrogens is 674 g/mol. The molecule has 4 aromatic carbocycles. The highest BCUT2D eigenvalue weighted by Crippen LogP contribution is 2.45. The summed E-state index contributed by atoms with van der Waals surface area (Å²) in [4.78, 5) is 43.1. The molecule has 3 atom stereocenters. The van der Waals surface area contributed by atoms with Crippen molar-refractivity contribution >= 4 is 29.6 Å². The van der Waals surface area contributed by atoms with Crippen LogP contribution in [0, 0.1) is 5.92 Å². The van der Waals surface area contributed by atoms with Crippen LogP contribution in [0.4, 0.5) is 13.6 Å². The number of carboxylic acids is 1. The monoisotopic (exact) mass is 714 g/mol. The summed E-state index contributed by atoms with van der Waals surface area (Å²) >= 11 is 6.15. The Morgan fingerprint density at radius 2 is 1.49 bits per heavy atom. The third-order valence-electron chi connectivity index (χ3n) is 10.3. The molecule has 4 aromatic rings. The number of carbonyl (C=O) groups excluding carboxylic acids is 2.